The highest BCUT2D eigenvalue weighted by Crippen LogP contribution is 2.31. The number of fused-ring (bicyclic) bond motifs is 1. The van der Waals surface area contributed by atoms with E-state index in [-0.39, 0.29) is 5.41 Å². The second-order valence-corrected chi connectivity index (χ2v) is 4.86. The molecule has 0 spiro atoms. The van der Waals surface area contributed by atoms with E-state index in [1.807, 2.05) is 20.8 Å². The maximum atomic E-state index is 11.1. The SMILES string of the molecule is CC(C)(C)c1nn2c(c1C=O)OCCC2. The zero-order chi connectivity index (χ0) is 11.1. The quantitative estimate of drug-likeness (QED) is 0.661. The summed E-state index contributed by atoms with van der Waals surface area (Å²) >= 11 is 0. The summed E-state index contributed by atoms with van der Waals surface area (Å²) < 4.78 is 7.29. The Morgan fingerprint density at radius 2 is 2.20 bits per heavy atom. The van der Waals surface area contributed by atoms with E-state index in [9.17, 15) is 4.79 Å². The Kier molecular flexibility index (Phi) is 2.29. The van der Waals surface area contributed by atoms with Crippen LogP contribution in [0, 0.1) is 0 Å². The minimum atomic E-state index is -0.121. The average Bonchev–Trinajstić information content (AvgIpc) is 2.55. The molecule has 2 rings (SSSR count). The number of aldehydes is 1. The number of nitrogens with zero attached hydrogens (tertiary/aromatic N) is 2. The van der Waals surface area contributed by atoms with Crippen molar-refractivity contribution in [1.29, 1.82) is 0 Å². The molecule has 0 atom stereocenters. The fraction of sp³-hybridized carbons (Fsp3) is 0.636. The predicted molar refractivity (Wildman–Crippen MR) is 56.4 cm³/mol. The number of carbonyl (C=O) groups is 1. The highest BCUT2D eigenvalue weighted by atomic mass is 16.5. The third kappa shape index (κ3) is 1.64. The highest BCUT2D eigenvalue weighted by molar-refractivity contribution is 5.81. The molecule has 1 aliphatic heterocycles. The third-order valence-corrected chi connectivity index (χ3v) is 2.52. The maximum Gasteiger partial charge on any atom is 0.222 e. The Morgan fingerprint density at radius 3 is 2.80 bits per heavy atom. The van der Waals surface area contributed by atoms with Crippen molar-refractivity contribution in [3.8, 4) is 5.88 Å². The molecular formula is C11H16N2O2. The van der Waals surface area contributed by atoms with Gasteiger partial charge in [-0.1, -0.05) is 20.8 Å². The lowest BCUT2D eigenvalue weighted by Gasteiger charge is -2.15. The minimum absolute atomic E-state index is 0.121. The standard InChI is InChI=1S/C11H16N2O2/c1-11(2,3)9-8(7-14)10-13(12-9)5-4-6-15-10/h7H,4-6H2,1-3H3. The summed E-state index contributed by atoms with van der Waals surface area (Å²) in [5.74, 6) is 0.640. The Morgan fingerprint density at radius 1 is 1.47 bits per heavy atom. The van der Waals surface area contributed by atoms with Gasteiger partial charge in [0.15, 0.2) is 6.29 Å². The van der Waals surface area contributed by atoms with Gasteiger partial charge in [-0.3, -0.25) is 4.79 Å². The van der Waals surface area contributed by atoms with Gasteiger partial charge in [-0.25, -0.2) is 4.68 Å². The van der Waals surface area contributed by atoms with Crippen molar-refractivity contribution in [3.63, 3.8) is 0 Å². The number of hydrogen-bond acceptors (Lipinski definition) is 3. The second kappa shape index (κ2) is 3.36. The van der Waals surface area contributed by atoms with Crippen LogP contribution in [0.15, 0.2) is 0 Å². The molecule has 0 radical (unpaired) electrons. The van der Waals surface area contributed by atoms with E-state index >= 15 is 0 Å². The first-order chi connectivity index (χ1) is 7.04. The zero-order valence-electron chi connectivity index (χ0n) is 9.41. The van der Waals surface area contributed by atoms with Crippen molar-refractivity contribution in [2.24, 2.45) is 0 Å². The van der Waals surface area contributed by atoms with Gasteiger partial charge in [0.25, 0.3) is 0 Å². The van der Waals surface area contributed by atoms with Crippen LogP contribution < -0.4 is 4.74 Å². The van der Waals surface area contributed by atoms with Crippen molar-refractivity contribution < 1.29 is 9.53 Å². The lowest BCUT2D eigenvalue weighted by atomic mass is 9.90. The molecule has 0 saturated carbocycles. The van der Waals surface area contributed by atoms with Gasteiger partial charge < -0.3 is 4.74 Å². The average molecular weight is 208 g/mol. The molecule has 1 aromatic heterocycles. The van der Waals surface area contributed by atoms with E-state index in [1.54, 1.807) is 4.68 Å². The smallest absolute Gasteiger partial charge is 0.222 e. The summed E-state index contributed by atoms with van der Waals surface area (Å²) in [6.45, 7) is 7.67. The molecule has 0 N–H and O–H groups in total. The Labute approximate surface area is 89.2 Å². The van der Waals surface area contributed by atoms with Crippen molar-refractivity contribution in [1.82, 2.24) is 9.78 Å². The number of rotatable bonds is 1. The fourth-order valence-corrected chi connectivity index (χ4v) is 1.81. The van der Waals surface area contributed by atoms with E-state index in [0.29, 0.717) is 18.1 Å². The summed E-state index contributed by atoms with van der Waals surface area (Å²) in [5.41, 5.74) is 1.32. The van der Waals surface area contributed by atoms with Gasteiger partial charge in [-0.2, -0.15) is 5.10 Å². The van der Waals surface area contributed by atoms with Crippen molar-refractivity contribution in [3.05, 3.63) is 11.3 Å². The van der Waals surface area contributed by atoms with Crippen LogP contribution in [0.5, 0.6) is 5.88 Å². The second-order valence-electron chi connectivity index (χ2n) is 4.86. The largest absolute Gasteiger partial charge is 0.477 e. The van der Waals surface area contributed by atoms with E-state index < -0.39 is 0 Å². The van der Waals surface area contributed by atoms with Gasteiger partial charge in [-0.15, -0.1) is 0 Å². The summed E-state index contributed by atoms with van der Waals surface area (Å²) in [7, 11) is 0. The molecule has 0 unspecified atom stereocenters. The van der Waals surface area contributed by atoms with Gasteiger partial charge in [0.2, 0.25) is 5.88 Å². The van der Waals surface area contributed by atoms with E-state index in [0.717, 1.165) is 24.9 Å². The monoisotopic (exact) mass is 208 g/mol. The zero-order valence-corrected chi connectivity index (χ0v) is 9.41. The van der Waals surface area contributed by atoms with E-state index in [1.165, 1.54) is 0 Å². The first kappa shape index (κ1) is 10.2. The normalized spacial score (nSPS) is 15.7. The van der Waals surface area contributed by atoms with Gasteiger partial charge >= 0.3 is 0 Å². The number of aryl methyl sites for hydroxylation is 1. The molecule has 82 valence electrons. The van der Waals surface area contributed by atoms with E-state index in [4.69, 9.17) is 4.74 Å². The number of ether oxygens (including phenoxy) is 1. The molecule has 0 aromatic carbocycles. The molecule has 4 heteroatoms. The molecule has 0 bridgehead atoms. The van der Waals surface area contributed by atoms with Crippen molar-refractivity contribution in [2.45, 2.75) is 39.2 Å². The van der Waals surface area contributed by atoms with Gasteiger partial charge in [0, 0.05) is 18.4 Å². The van der Waals surface area contributed by atoms with Crippen LogP contribution in [-0.2, 0) is 12.0 Å². The van der Waals surface area contributed by atoms with Crippen LogP contribution in [0.2, 0.25) is 0 Å². The Hall–Kier alpha value is -1.32. The molecule has 1 aliphatic rings. The van der Waals surface area contributed by atoms with Crippen LogP contribution >= 0.6 is 0 Å². The summed E-state index contributed by atoms with van der Waals surface area (Å²) in [4.78, 5) is 11.1. The van der Waals surface area contributed by atoms with Crippen LogP contribution in [0.4, 0.5) is 0 Å². The minimum Gasteiger partial charge on any atom is -0.477 e. The van der Waals surface area contributed by atoms with Crippen molar-refractivity contribution in [2.75, 3.05) is 6.61 Å². The highest BCUT2D eigenvalue weighted by Gasteiger charge is 2.28. The molecule has 2 heterocycles. The van der Waals surface area contributed by atoms with Crippen LogP contribution in [0.3, 0.4) is 0 Å². The Bertz CT molecular complexity index is 388. The van der Waals surface area contributed by atoms with Crippen molar-refractivity contribution >= 4 is 6.29 Å². The maximum absolute atomic E-state index is 11.1. The van der Waals surface area contributed by atoms with Gasteiger partial charge in [-0.05, 0) is 0 Å². The van der Waals surface area contributed by atoms with Crippen LogP contribution in [-0.4, -0.2) is 22.7 Å². The topological polar surface area (TPSA) is 44.1 Å². The molecule has 0 saturated heterocycles. The molecule has 0 amide bonds. The molecule has 1 aromatic rings. The molecule has 0 fully saturated rings. The summed E-state index contributed by atoms with van der Waals surface area (Å²) in [5, 5.41) is 4.45. The number of hydrogen-bond donors (Lipinski definition) is 0. The molecular weight excluding hydrogens is 192 g/mol. The predicted octanol–water partition coefficient (Wildman–Crippen LogP) is 1.78. The van der Waals surface area contributed by atoms with Gasteiger partial charge in [0.05, 0.1) is 17.9 Å². The van der Waals surface area contributed by atoms with E-state index in [2.05, 4.69) is 5.10 Å². The molecule has 0 aliphatic carbocycles. The fourth-order valence-electron chi connectivity index (χ4n) is 1.81. The Balaban J connectivity index is 2.56. The van der Waals surface area contributed by atoms with Gasteiger partial charge in [0.1, 0.15) is 0 Å². The third-order valence-electron chi connectivity index (χ3n) is 2.52. The molecule has 15 heavy (non-hydrogen) atoms. The lowest BCUT2D eigenvalue weighted by molar-refractivity contribution is 0.111. The molecule has 4 nitrogen and oxygen atoms in total. The summed E-state index contributed by atoms with van der Waals surface area (Å²) in [6.07, 6.45) is 1.81. The first-order valence-corrected chi connectivity index (χ1v) is 5.23. The number of carbonyl (C=O) groups excluding carboxylic acids is 1. The van der Waals surface area contributed by atoms with Crippen LogP contribution in [0.1, 0.15) is 43.2 Å². The lowest BCUT2D eigenvalue weighted by Crippen LogP contribution is -2.16. The van der Waals surface area contributed by atoms with Crippen LogP contribution in [0.25, 0.3) is 0 Å². The number of aromatic nitrogens is 2. The first-order valence-electron chi connectivity index (χ1n) is 5.23. The summed E-state index contributed by atoms with van der Waals surface area (Å²) in [6, 6.07) is 0.